The van der Waals surface area contributed by atoms with E-state index < -0.39 is 5.60 Å². The first-order chi connectivity index (χ1) is 8.00. The van der Waals surface area contributed by atoms with Gasteiger partial charge < -0.3 is 9.84 Å². The van der Waals surface area contributed by atoms with Gasteiger partial charge in [0.2, 0.25) is 0 Å². The van der Waals surface area contributed by atoms with E-state index in [0.29, 0.717) is 0 Å². The standard InChI is InChI=1S/C13H25NO3/c1-4-5-6-11(12(15)17-3)14-9-7-13(2,16)8-10-14/h11,16H,4-10H2,1-3H3. The van der Waals surface area contributed by atoms with Crippen LogP contribution in [0.4, 0.5) is 0 Å². The number of hydrogen-bond acceptors (Lipinski definition) is 4. The largest absolute Gasteiger partial charge is 0.468 e. The molecule has 1 fully saturated rings. The summed E-state index contributed by atoms with van der Waals surface area (Å²) < 4.78 is 4.87. The third-order valence-electron chi connectivity index (χ3n) is 3.62. The van der Waals surface area contributed by atoms with Gasteiger partial charge in [-0.1, -0.05) is 19.8 Å². The maximum atomic E-state index is 11.8. The molecule has 0 aromatic carbocycles. The molecular formula is C13H25NO3. The highest BCUT2D eigenvalue weighted by atomic mass is 16.5. The second-order valence-electron chi connectivity index (χ2n) is 5.21. The monoisotopic (exact) mass is 243 g/mol. The van der Waals surface area contributed by atoms with Crippen molar-refractivity contribution < 1.29 is 14.6 Å². The van der Waals surface area contributed by atoms with Crippen molar-refractivity contribution in [3.05, 3.63) is 0 Å². The van der Waals surface area contributed by atoms with Crippen LogP contribution in [0.2, 0.25) is 0 Å². The van der Waals surface area contributed by atoms with Crippen LogP contribution < -0.4 is 0 Å². The Labute approximate surface area is 104 Å². The molecule has 0 radical (unpaired) electrons. The highest BCUT2D eigenvalue weighted by molar-refractivity contribution is 5.75. The van der Waals surface area contributed by atoms with Crippen molar-refractivity contribution in [2.24, 2.45) is 0 Å². The first kappa shape index (κ1) is 14.5. The molecule has 1 unspecified atom stereocenters. The normalized spacial score (nSPS) is 22.1. The second kappa shape index (κ2) is 6.36. The van der Waals surface area contributed by atoms with E-state index in [1.807, 2.05) is 6.92 Å². The van der Waals surface area contributed by atoms with E-state index in [-0.39, 0.29) is 12.0 Å². The van der Waals surface area contributed by atoms with Gasteiger partial charge in [0, 0.05) is 13.1 Å². The molecule has 0 saturated carbocycles. The van der Waals surface area contributed by atoms with E-state index in [1.165, 1.54) is 7.11 Å². The quantitative estimate of drug-likeness (QED) is 0.745. The summed E-state index contributed by atoms with van der Waals surface area (Å²) >= 11 is 0. The van der Waals surface area contributed by atoms with Crippen molar-refractivity contribution in [3.8, 4) is 0 Å². The van der Waals surface area contributed by atoms with Gasteiger partial charge in [-0.25, -0.2) is 0 Å². The maximum absolute atomic E-state index is 11.8. The summed E-state index contributed by atoms with van der Waals surface area (Å²) in [5.74, 6) is -0.139. The third-order valence-corrected chi connectivity index (χ3v) is 3.62. The van der Waals surface area contributed by atoms with Crippen molar-refractivity contribution in [2.75, 3.05) is 20.2 Å². The fourth-order valence-corrected chi connectivity index (χ4v) is 2.30. The zero-order valence-electron chi connectivity index (χ0n) is 11.2. The zero-order chi connectivity index (χ0) is 12.9. The molecule has 0 spiro atoms. The molecule has 0 aromatic heterocycles. The van der Waals surface area contributed by atoms with Crippen LogP contribution in [0.5, 0.6) is 0 Å². The lowest BCUT2D eigenvalue weighted by atomic mass is 9.92. The molecular weight excluding hydrogens is 218 g/mol. The Hall–Kier alpha value is -0.610. The second-order valence-corrected chi connectivity index (χ2v) is 5.21. The fraction of sp³-hybridized carbons (Fsp3) is 0.923. The molecule has 0 amide bonds. The minimum absolute atomic E-state index is 0.129. The predicted molar refractivity (Wildman–Crippen MR) is 66.8 cm³/mol. The van der Waals surface area contributed by atoms with Gasteiger partial charge in [-0.2, -0.15) is 0 Å². The van der Waals surface area contributed by atoms with Crippen LogP contribution in [-0.2, 0) is 9.53 Å². The molecule has 4 nitrogen and oxygen atoms in total. The number of hydrogen-bond donors (Lipinski definition) is 1. The molecule has 1 atom stereocenters. The summed E-state index contributed by atoms with van der Waals surface area (Å²) in [6.07, 6.45) is 4.43. The summed E-state index contributed by atoms with van der Waals surface area (Å²) in [4.78, 5) is 13.9. The molecule has 0 aromatic rings. The first-order valence-corrected chi connectivity index (χ1v) is 6.54. The number of aliphatic hydroxyl groups is 1. The fourth-order valence-electron chi connectivity index (χ4n) is 2.30. The smallest absolute Gasteiger partial charge is 0.323 e. The van der Waals surface area contributed by atoms with E-state index in [0.717, 1.165) is 45.2 Å². The predicted octanol–water partition coefficient (Wildman–Crippen LogP) is 1.56. The van der Waals surface area contributed by atoms with E-state index in [1.54, 1.807) is 0 Å². The third kappa shape index (κ3) is 4.28. The maximum Gasteiger partial charge on any atom is 0.323 e. The van der Waals surface area contributed by atoms with E-state index >= 15 is 0 Å². The molecule has 1 saturated heterocycles. The van der Waals surface area contributed by atoms with Crippen LogP contribution in [-0.4, -0.2) is 47.8 Å². The summed E-state index contributed by atoms with van der Waals surface area (Å²) in [6, 6.07) is -0.129. The first-order valence-electron chi connectivity index (χ1n) is 6.54. The van der Waals surface area contributed by atoms with E-state index in [4.69, 9.17) is 4.74 Å². The molecule has 0 bridgehead atoms. The lowest BCUT2D eigenvalue weighted by Crippen LogP contribution is -2.50. The van der Waals surface area contributed by atoms with Crippen LogP contribution in [0.25, 0.3) is 0 Å². The number of rotatable bonds is 5. The van der Waals surface area contributed by atoms with Crippen LogP contribution >= 0.6 is 0 Å². The number of nitrogens with zero attached hydrogens (tertiary/aromatic N) is 1. The van der Waals surface area contributed by atoms with Crippen molar-refractivity contribution in [3.63, 3.8) is 0 Å². The van der Waals surface area contributed by atoms with Gasteiger partial charge in [0.25, 0.3) is 0 Å². The number of methoxy groups -OCH3 is 1. The number of piperidine rings is 1. The Morgan fingerprint density at radius 1 is 1.47 bits per heavy atom. The lowest BCUT2D eigenvalue weighted by Gasteiger charge is -2.39. The topological polar surface area (TPSA) is 49.8 Å². The molecule has 1 N–H and O–H groups in total. The average Bonchev–Trinajstić information content (AvgIpc) is 2.30. The van der Waals surface area contributed by atoms with Crippen LogP contribution in [0.1, 0.15) is 46.0 Å². The van der Waals surface area contributed by atoms with Gasteiger partial charge in [-0.05, 0) is 26.2 Å². The molecule has 17 heavy (non-hydrogen) atoms. The number of carbonyl (C=O) groups excluding carboxylic acids is 1. The summed E-state index contributed by atoms with van der Waals surface area (Å²) in [7, 11) is 1.45. The van der Waals surface area contributed by atoms with Gasteiger partial charge in [-0.15, -0.1) is 0 Å². The highest BCUT2D eigenvalue weighted by Crippen LogP contribution is 2.24. The van der Waals surface area contributed by atoms with Gasteiger partial charge >= 0.3 is 5.97 Å². The average molecular weight is 243 g/mol. The van der Waals surface area contributed by atoms with E-state index in [2.05, 4.69) is 11.8 Å². The van der Waals surface area contributed by atoms with Crippen LogP contribution in [0, 0.1) is 0 Å². The number of ether oxygens (including phenoxy) is 1. The summed E-state index contributed by atoms with van der Waals surface area (Å²) in [6.45, 7) is 5.53. The van der Waals surface area contributed by atoms with Crippen LogP contribution in [0.15, 0.2) is 0 Å². The Bertz CT molecular complexity index is 243. The van der Waals surface area contributed by atoms with Gasteiger partial charge in [0.05, 0.1) is 12.7 Å². The Morgan fingerprint density at radius 3 is 2.53 bits per heavy atom. The van der Waals surface area contributed by atoms with Gasteiger partial charge in [0.1, 0.15) is 6.04 Å². The molecule has 1 rings (SSSR count). The molecule has 1 heterocycles. The minimum atomic E-state index is -0.568. The Balaban J connectivity index is 2.55. The molecule has 4 heteroatoms. The van der Waals surface area contributed by atoms with Crippen molar-refractivity contribution in [2.45, 2.75) is 57.6 Å². The van der Waals surface area contributed by atoms with Gasteiger partial charge in [0.15, 0.2) is 0 Å². The van der Waals surface area contributed by atoms with Gasteiger partial charge in [-0.3, -0.25) is 9.69 Å². The molecule has 0 aliphatic carbocycles. The molecule has 100 valence electrons. The number of likely N-dealkylation sites (tertiary alicyclic amines) is 1. The number of unbranched alkanes of at least 4 members (excludes halogenated alkanes) is 1. The van der Waals surface area contributed by atoms with Crippen LogP contribution in [0.3, 0.4) is 0 Å². The zero-order valence-corrected chi connectivity index (χ0v) is 11.2. The number of carbonyl (C=O) groups is 1. The Morgan fingerprint density at radius 2 is 2.06 bits per heavy atom. The SMILES string of the molecule is CCCCC(C(=O)OC)N1CCC(C)(O)CC1. The summed E-state index contributed by atoms with van der Waals surface area (Å²) in [5.41, 5.74) is -0.568. The van der Waals surface area contributed by atoms with Crippen molar-refractivity contribution in [1.82, 2.24) is 4.90 Å². The van der Waals surface area contributed by atoms with Crippen molar-refractivity contribution >= 4 is 5.97 Å². The highest BCUT2D eigenvalue weighted by Gasteiger charge is 2.33. The minimum Gasteiger partial charge on any atom is -0.468 e. The van der Waals surface area contributed by atoms with Crippen molar-refractivity contribution in [1.29, 1.82) is 0 Å². The van der Waals surface area contributed by atoms with E-state index in [9.17, 15) is 9.90 Å². The Kier molecular flexibility index (Phi) is 5.40. The lowest BCUT2D eigenvalue weighted by molar-refractivity contribution is -0.149. The molecule has 1 aliphatic heterocycles. The molecule has 1 aliphatic rings. The number of esters is 1. The summed E-state index contributed by atoms with van der Waals surface area (Å²) in [5, 5.41) is 9.90.